The van der Waals surface area contributed by atoms with Crippen LogP contribution in [0.15, 0.2) is 29.2 Å². The molecule has 1 unspecified atom stereocenters. The monoisotopic (exact) mass is 509 g/mol. The number of esters is 1. The van der Waals surface area contributed by atoms with E-state index in [1.807, 2.05) is 32.9 Å². The third-order valence-electron chi connectivity index (χ3n) is 5.09. The van der Waals surface area contributed by atoms with Crippen molar-refractivity contribution in [1.29, 1.82) is 0 Å². The molecule has 1 amide bonds. The number of carbonyl (C=O) groups is 4. The van der Waals surface area contributed by atoms with Crippen molar-refractivity contribution in [2.75, 3.05) is 5.75 Å². The van der Waals surface area contributed by atoms with Crippen molar-refractivity contribution in [3.05, 3.63) is 29.8 Å². The van der Waals surface area contributed by atoms with Crippen molar-refractivity contribution in [3.63, 3.8) is 0 Å². The van der Waals surface area contributed by atoms with Gasteiger partial charge in [0.05, 0.1) is 5.56 Å². The first-order valence-electron chi connectivity index (χ1n) is 12.2. The van der Waals surface area contributed by atoms with Crippen LogP contribution >= 0.6 is 11.8 Å². The maximum atomic E-state index is 12.1. The highest BCUT2D eigenvalue weighted by Gasteiger charge is 2.20. The standard InChI is InChI=1S/C26H39NO7S/c1-26(2,3)34-25(33)19-12-14-20(15-13-19)35-18-10-8-6-4-5-7-9-11-22(28)27-21(24(31)32)16-17-23(29)30/h12-15,21H,4-11,16-18H2,1-3H3,(H,27,28)(H,29,30)(H,31,32). The molecule has 196 valence electrons. The van der Waals surface area contributed by atoms with Crippen molar-refractivity contribution in [2.45, 2.75) is 102 Å². The molecule has 0 aliphatic heterocycles. The van der Waals surface area contributed by atoms with Crippen molar-refractivity contribution in [1.82, 2.24) is 5.32 Å². The molecule has 0 aliphatic carbocycles. The fourth-order valence-electron chi connectivity index (χ4n) is 3.28. The van der Waals surface area contributed by atoms with Crippen LogP contribution in [0.25, 0.3) is 0 Å². The summed E-state index contributed by atoms with van der Waals surface area (Å²) < 4.78 is 5.37. The number of thioether (sulfide) groups is 1. The Labute approximate surface area is 212 Å². The summed E-state index contributed by atoms with van der Waals surface area (Å²) in [4.78, 5) is 46.8. The average Bonchev–Trinajstić information content (AvgIpc) is 2.76. The molecule has 0 bridgehead atoms. The van der Waals surface area contributed by atoms with Gasteiger partial charge in [-0.15, -0.1) is 11.8 Å². The maximum absolute atomic E-state index is 12.1. The maximum Gasteiger partial charge on any atom is 0.338 e. The molecule has 0 aliphatic rings. The second kappa shape index (κ2) is 16.2. The first kappa shape index (κ1) is 30.5. The molecule has 0 saturated heterocycles. The molecule has 1 rings (SSSR count). The van der Waals surface area contributed by atoms with E-state index in [-0.39, 0.29) is 31.1 Å². The lowest BCUT2D eigenvalue weighted by Gasteiger charge is -2.19. The van der Waals surface area contributed by atoms with Crippen molar-refractivity contribution < 1.29 is 34.1 Å². The van der Waals surface area contributed by atoms with E-state index in [9.17, 15) is 19.2 Å². The quantitative estimate of drug-likeness (QED) is 0.147. The minimum absolute atomic E-state index is 0.119. The molecule has 35 heavy (non-hydrogen) atoms. The fourth-order valence-corrected chi connectivity index (χ4v) is 4.19. The van der Waals surface area contributed by atoms with Crippen LogP contribution in [0.2, 0.25) is 0 Å². The van der Waals surface area contributed by atoms with Crippen LogP contribution in [0.5, 0.6) is 0 Å². The fraction of sp³-hybridized carbons (Fsp3) is 0.615. The van der Waals surface area contributed by atoms with Gasteiger partial charge < -0.3 is 20.3 Å². The zero-order chi connectivity index (χ0) is 26.3. The van der Waals surface area contributed by atoms with Crippen LogP contribution in [0.3, 0.4) is 0 Å². The molecule has 0 spiro atoms. The Bertz CT molecular complexity index is 818. The van der Waals surface area contributed by atoms with Gasteiger partial charge in [0, 0.05) is 17.7 Å². The molecular weight excluding hydrogens is 470 g/mol. The van der Waals surface area contributed by atoms with Gasteiger partial charge in [-0.2, -0.15) is 0 Å². The van der Waals surface area contributed by atoms with Gasteiger partial charge in [-0.05, 0) is 70.1 Å². The van der Waals surface area contributed by atoms with Gasteiger partial charge in [-0.3, -0.25) is 9.59 Å². The largest absolute Gasteiger partial charge is 0.481 e. The van der Waals surface area contributed by atoms with Gasteiger partial charge in [-0.25, -0.2) is 9.59 Å². The third kappa shape index (κ3) is 15.1. The summed E-state index contributed by atoms with van der Waals surface area (Å²) in [7, 11) is 0. The SMILES string of the molecule is CC(C)(C)OC(=O)c1ccc(SCCCCCCCCCC(=O)NC(CCC(=O)O)C(=O)O)cc1. The van der Waals surface area contributed by atoms with E-state index in [0.29, 0.717) is 12.0 Å². The highest BCUT2D eigenvalue weighted by Crippen LogP contribution is 2.22. The molecule has 0 saturated carbocycles. The van der Waals surface area contributed by atoms with Crippen LogP contribution in [0, 0.1) is 0 Å². The number of nitrogens with one attached hydrogen (secondary N) is 1. The van der Waals surface area contributed by atoms with E-state index in [0.717, 1.165) is 49.2 Å². The van der Waals surface area contributed by atoms with Gasteiger partial charge in [-0.1, -0.05) is 32.1 Å². The second-order valence-corrected chi connectivity index (χ2v) is 10.7. The first-order valence-corrected chi connectivity index (χ1v) is 13.2. The molecule has 0 aromatic heterocycles. The average molecular weight is 510 g/mol. The zero-order valence-electron chi connectivity index (χ0n) is 21.0. The van der Waals surface area contributed by atoms with Crippen LogP contribution in [-0.2, 0) is 19.1 Å². The van der Waals surface area contributed by atoms with Crippen molar-refractivity contribution in [2.24, 2.45) is 0 Å². The molecule has 8 nitrogen and oxygen atoms in total. The summed E-state index contributed by atoms with van der Waals surface area (Å²) in [6, 6.07) is 6.35. The van der Waals surface area contributed by atoms with Gasteiger partial charge in [0.2, 0.25) is 5.91 Å². The van der Waals surface area contributed by atoms with Crippen molar-refractivity contribution >= 4 is 35.6 Å². The van der Waals surface area contributed by atoms with E-state index < -0.39 is 23.6 Å². The number of carboxylic acid groups (broad SMARTS) is 2. The molecule has 9 heteroatoms. The van der Waals surface area contributed by atoms with Crippen LogP contribution in [0.4, 0.5) is 0 Å². The number of hydrogen-bond donors (Lipinski definition) is 3. The van der Waals surface area contributed by atoms with E-state index >= 15 is 0 Å². The van der Waals surface area contributed by atoms with E-state index in [1.54, 1.807) is 23.9 Å². The summed E-state index contributed by atoms with van der Waals surface area (Å²) in [5, 5.41) is 20.1. The Hall–Kier alpha value is -2.55. The van der Waals surface area contributed by atoms with Gasteiger partial charge in [0.1, 0.15) is 11.6 Å². The zero-order valence-corrected chi connectivity index (χ0v) is 21.8. The minimum atomic E-state index is -1.21. The lowest BCUT2D eigenvalue weighted by atomic mass is 10.1. The number of aliphatic carboxylic acids is 2. The molecule has 3 N–H and O–H groups in total. The van der Waals surface area contributed by atoms with Crippen LogP contribution < -0.4 is 5.32 Å². The first-order chi connectivity index (χ1) is 16.5. The van der Waals surface area contributed by atoms with E-state index in [1.165, 1.54) is 0 Å². The molecular formula is C26H39NO7S. The minimum Gasteiger partial charge on any atom is -0.481 e. The highest BCUT2D eigenvalue weighted by atomic mass is 32.2. The lowest BCUT2D eigenvalue weighted by molar-refractivity contribution is -0.143. The van der Waals surface area contributed by atoms with Gasteiger partial charge >= 0.3 is 17.9 Å². The third-order valence-corrected chi connectivity index (χ3v) is 6.18. The Morgan fingerprint density at radius 1 is 0.886 bits per heavy atom. The van der Waals surface area contributed by atoms with Crippen molar-refractivity contribution in [3.8, 4) is 0 Å². The number of amides is 1. The molecule has 1 atom stereocenters. The van der Waals surface area contributed by atoms with E-state index in [4.69, 9.17) is 14.9 Å². The van der Waals surface area contributed by atoms with E-state index in [2.05, 4.69) is 5.32 Å². The summed E-state index contributed by atoms with van der Waals surface area (Å²) >= 11 is 1.77. The number of ether oxygens (including phenoxy) is 1. The Morgan fingerprint density at radius 2 is 1.46 bits per heavy atom. The number of unbranched alkanes of at least 4 members (excludes halogenated alkanes) is 6. The molecule has 1 aromatic rings. The summed E-state index contributed by atoms with van der Waals surface area (Å²) in [6.45, 7) is 5.55. The Morgan fingerprint density at radius 3 is 2.00 bits per heavy atom. The summed E-state index contributed by atoms with van der Waals surface area (Å²) in [6.07, 6.45) is 6.90. The second-order valence-electron chi connectivity index (χ2n) is 9.49. The van der Waals surface area contributed by atoms with Gasteiger partial charge in [0.25, 0.3) is 0 Å². The normalized spacial score (nSPS) is 12.1. The lowest BCUT2D eigenvalue weighted by Crippen LogP contribution is -2.41. The molecule has 0 fully saturated rings. The van der Waals surface area contributed by atoms with Crippen LogP contribution in [-0.4, -0.2) is 51.4 Å². The summed E-state index contributed by atoms with van der Waals surface area (Å²) in [5.74, 6) is -1.94. The highest BCUT2D eigenvalue weighted by molar-refractivity contribution is 7.99. The number of rotatable bonds is 17. The predicted octanol–water partition coefficient (Wildman–Crippen LogP) is 5.29. The van der Waals surface area contributed by atoms with Gasteiger partial charge in [0.15, 0.2) is 0 Å². The number of carbonyl (C=O) groups excluding carboxylic acids is 2. The number of benzene rings is 1. The number of carboxylic acids is 2. The Kier molecular flexibility index (Phi) is 14.1. The number of hydrogen-bond acceptors (Lipinski definition) is 6. The molecule has 0 radical (unpaired) electrons. The Balaban J connectivity index is 2.08. The smallest absolute Gasteiger partial charge is 0.338 e. The predicted molar refractivity (Wildman–Crippen MR) is 136 cm³/mol. The molecule has 1 aromatic carbocycles. The topological polar surface area (TPSA) is 130 Å². The molecule has 0 heterocycles. The summed E-state index contributed by atoms with van der Waals surface area (Å²) in [5.41, 5.74) is 0.0524. The van der Waals surface area contributed by atoms with Crippen LogP contribution in [0.1, 0.15) is 95.3 Å².